The number of carbonyl (C=O) groups is 1. The minimum Gasteiger partial charge on any atom is -0.339 e. The highest BCUT2D eigenvalue weighted by molar-refractivity contribution is 5.82. The van der Waals surface area contributed by atoms with Gasteiger partial charge in [-0.3, -0.25) is 9.69 Å². The first-order chi connectivity index (χ1) is 12.7. The van der Waals surface area contributed by atoms with Gasteiger partial charge in [-0.15, -0.1) is 0 Å². The molecule has 2 saturated heterocycles. The van der Waals surface area contributed by atoms with Crippen molar-refractivity contribution in [2.75, 3.05) is 26.2 Å². The Hall–Kier alpha value is -1.50. The standard InChI is InChI=1S/C20H29FN4O/c21-16-8-6-15(7-9-16)18-14-19(23-22-18)20(26)25-12-10-24(11-13-25)17-4-2-1-3-5-17/h6-9,17-19,22-23H,1-5,10-14H2. The van der Waals surface area contributed by atoms with E-state index in [4.69, 9.17) is 0 Å². The van der Waals surface area contributed by atoms with E-state index in [1.54, 1.807) is 12.1 Å². The lowest BCUT2D eigenvalue weighted by Gasteiger charge is -2.41. The molecule has 1 aromatic carbocycles. The van der Waals surface area contributed by atoms with Gasteiger partial charge in [-0.2, -0.15) is 0 Å². The summed E-state index contributed by atoms with van der Waals surface area (Å²) < 4.78 is 13.1. The minimum absolute atomic E-state index is 0.0491. The summed E-state index contributed by atoms with van der Waals surface area (Å²) in [5.41, 5.74) is 7.35. The maximum absolute atomic E-state index is 13.1. The summed E-state index contributed by atoms with van der Waals surface area (Å²) >= 11 is 0. The van der Waals surface area contributed by atoms with Gasteiger partial charge in [-0.25, -0.2) is 15.2 Å². The van der Waals surface area contributed by atoms with Gasteiger partial charge in [0, 0.05) is 38.3 Å². The van der Waals surface area contributed by atoms with Crippen molar-refractivity contribution in [1.82, 2.24) is 20.7 Å². The number of hydrogen-bond acceptors (Lipinski definition) is 4. The second-order valence-electron chi connectivity index (χ2n) is 7.83. The van der Waals surface area contributed by atoms with Gasteiger partial charge in [0.2, 0.25) is 5.91 Å². The molecule has 1 saturated carbocycles. The highest BCUT2D eigenvalue weighted by Gasteiger charge is 2.35. The van der Waals surface area contributed by atoms with Gasteiger partial charge in [-0.05, 0) is 37.0 Å². The fraction of sp³-hybridized carbons (Fsp3) is 0.650. The van der Waals surface area contributed by atoms with E-state index in [2.05, 4.69) is 15.8 Å². The number of halogens is 1. The molecule has 4 rings (SSSR count). The van der Waals surface area contributed by atoms with Gasteiger partial charge in [0.05, 0.1) is 0 Å². The van der Waals surface area contributed by atoms with Gasteiger partial charge in [-0.1, -0.05) is 31.4 Å². The highest BCUT2D eigenvalue weighted by Crippen LogP contribution is 2.25. The third-order valence-corrected chi connectivity index (χ3v) is 6.19. The predicted molar refractivity (Wildman–Crippen MR) is 98.8 cm³/mol. The molecule has 2 atom stereocenters. The maximum Gasteiger partial charge on any atom is 0.241 e. The van der Waals surface area contributed by atoms with Crippen molar-refractivity contribution in [3.8, 4) is 0 Å². The third kappa shape index (κ3) is 3.92. The molecular formula is C20H29FN4O. The van der Waals surface area contributed by atoms with Crippen molar-refractivity contribution in [3.05, 3.63) is 35.6 Å². The van der Waals surface area contributed by atoms with Crippen molar-refractivity contribution in [2.24, 2.45) is 0 Å². The quantitative estimate of drug-likeness (QED) is 0.868. The summed E-state index contributed by atoms with van der Waals surface area (Å²) in [6.07, 6.45) is 7.43. The summed E-state index contributed by atoms with van der Waals surface area (Å²) in [5.74, 6) is -0.0476. The molecule has 2 aliphatic heterocycles. The zero-order valence-electron chi connectivity index (χ0n) is 15.3. The largest absolute Gasteiger partial charge is 0.339 e. The molecule has 26 heavy (non-hydrogen) atoms. The lowest BCUT2D eigenvalue weighted by atomic mass is 9.94. The molecule has 1 aliphatic carbocycles. The fourth-order valence-corrected chi connectivity index (χ4v) is 4.61. The zero-order valence-corrected chi connectivity index (χ0v) is 15.3. The third-order valence-electron chi connectivity index (χ3n) is 6.19. The Morgan fingerprint density at radius 1 is 0.962 bits per heavy atom. The van der Waals surface area contributed by atoms with Crippen LogP contribution in [0.5, 0.6) is 0 Å². The Kier molecular flexibility index (Phi) is 5.52. The van der Waals surface area contributed by atoms with Crippen molar-refractivity contribution in [3.63, 3.8) is 0 Å². The second kappa shape index (κ2) is 8.03. The Morgan fingerprint density at radius 3 is 2.35 bits per heavy atom. The number of nitrogens with zero attached hydrogens (tertiary/aromatic N) is 2. The summed E-state index contributed by atoms with van der Waals surface area (Å²) in [6, 6.07) is 7.08. The van der Waals surface area contributed by atoms with Crippen LogP contribution < -0.4 is 10.9 Å². The number of nitrogens with one attached hydrogen (secondary N) is 2. The van der Waals surface area contributed by atoms with Crippen molar-refractivity contribution in [1.29, 1.82) is 0 Å². The lowest BCUT2D eigenvalue weighted by molar-refractivity contribution is -0.135. The number of benzene rings is 1. The summed E-state index contributed by atoms with van der Waals surface area (Å²) in [4.78, 5) is 17.5. The monoisotopic (exact) mass is 360 g/mol. The van der Waals surface area contributed by atoms with Crippen molar-refractivity contribution >= 4 is 5.91 Å². The Morgan fingerprint density at radius 2 is 1.65 bits per heavy atom. The topological polar surface area (TPSA) is 47.6 Å². The van der Waals surface area contributed by atoms with Crippen LogP contribution in [0.1, 0.15) is 50.1 Å². The molecule has 0 radical (unpaired) electrons. The molecule has 1 amide bonds. The lowest BCUT2D eigenvalue weighted by Crippen LogP contribution is -2.55. The van der Waals surface area contributed by atoms with Gasteiger partial charge in [0.15, 0.2) is 0 Å². The summed E-state index contributed by atoms with van der Waals surface area (Å²) in [7, 11) is 0. The van der Waals surface area contributed by atoms with E-state index >= 15 is 0 Å². The molecule has 2 N–H and O–H groups in total. The molecule has 2 heterocycles. The molecule has 3 aliphatic rings. The van der Waals surface area contributed by atoms with Crippen LogP contribution in [0.3, 0.4) is 0 Å². The van der Waals surface area contributed by atoms with Crippen molar-refractivity contribution < 1.29 is 9.18 Å². The number of piperazine rings is 1. The van der Waals surface area contributed by atoms with Crippen LogP contribution in [0.4, 0.5) is 4.39 Å². The molecule has 1 aromatic rings. The van der Waals surface area contributed by atoms with Crippen LogP contribution in [0.2, 0.25) is 0 Å². The smallest absolute Gasteiger partial charge is 0.241 e. The number of rotatable bonds is 3. The van der Waals surface area contributed by atoms with Gasteiger partial charge >= 0.3 is 0 Å². The van der Waals surface area contributed by atoms with E-state index in [1.165, 1.54) is 44.2 Å². The Labute approximate surface area is 154 Å². The molecule has 2 unspecified atom stereocenters. The highest BCUT2D eigenvalue weighted by atomic mass is 19.1. The average Bonchev–Trinajstić information content (AvgIpc) is 3.19. The first-order valence-electron chi connectivity index (χ1n) is 10.00. The molecule has 6 heteroatoms. The first-order valence-corrected chi connectivity index (χ1v) is 10.00. The minimum atomic E-state index is -0.233. The van der Waals surface area contributed by atoms with Crippen LogP contribution in [-0.4, -0.2) is 54.0 Å². The molecule has 3 fully saturated rings. The molecular weight excluding hydrogens is 331 g/mol. The van der Waals surface area contributed by atoms with Crippen LogP contribution >= 0.6 is 0 Å². The fourth-order valence-electron chi connectivity index (χ4n) is 4.61. The van der Waals surface area contributed by atoms with E-state index in [-0.39, 0.29) is 23.8 Å². The Bertz CT molecular complexity index is 609. The SMILES string of the molecule is O=C(C1CC(c2ccc(F)cc2)NN1)N1CCN(C2CCCCC2)CC1. The van der Waals surface area contributed by atoms with E-state index in [9.17, 15) is 9.18 Å². The zero-order chi connectivity index (χ0) is 17.9. The number of carbonyl (C=O) groups excluding carboxylic acids is 1. The molecule has 0 spiro atoms. The maximum atomic E-state index is 13.1. The summed E-state index contributed by atoms with van der Waals surface area (Å²) in [5, 5.41) is 0. The van der Waals surface area contributed by atoms with E-state index in [1.807, 2.05) is 4.90 Å². The summed E-state index contributed by atoms with van der Waals surface area (Å²) in [6.45, 7) is 3.65. The van der Waals surface area contributed by atoms with Gasteiger partial charge in [0.1, 0.15) is 11.9 Å². The van der Waals surface area contributed by atoms with Gasteiger partial charge < -0.3 is 4.90 Å². The van der Waals surface area contributed by atoms with Crippen molar-refractivity contribution in [2.45, 2.75) is 56.7 Å². The molecule has 5 nitrogen and oxygen atoms in total. The van der Waals surface area contributed by atoms with Crippen LogP contribution in [0.15, 0.2) is 24.3 Å². The van der Waals surface area contributed by atoms with Crippen LogP contribution in [0.25, 0.3) is 0 Å². The molecule has 0 aromatic heterocycles. The number of amides is 1. The van der Waals surface area contributed by atoms with Crippen LogP contribution in [0, 0.1) is 5.82 Å². The Balaban J connectivity index is 1.28. The number of hydrazine groups is 1. The normalized spacial score (nSPS) is 28.4. The first kappa shape index (κ1) is 17.9. The second-order valence-corrected chi connectivity index (χ2v) is 7.83. The van der Waals surface area contributed by atoms with E-state index in [0.29, 0.717) is 6.42 Å². The van der Waals surface area contributed by atoms with E-state index in [0.717, 1.165) is 37.8 Å². The van der Waals surface area contributed by atoms with E-state index < -0.39 is 0 Å². The average molecular weight is 360 g/mol. The predicted octanol–water partition coefficient (Wildman–Crippen LogP) is 2.21. The molecule has 142 valence electrons. The number of hydrogen-bond donors (Lipinski definition) is 2. The van der Waals surface area contributed by atoms with Crippen LogP contribution in [-0.2, 0) is 4.79 Å². The van der Waals surface area contributed by atoms with Gasteiger partial charge in [0.25, 0.3) is 0 Å². The molecule has 0 bridgehead atoms.